The van der Waals surface area contributed by atoms with Crippen molar-refractivity contribution >= 4 is 44.2 Å². The van der Waals surface area contributed by atoms with Gasteiger partial charge in [0.2, 0.25) is 5.01 Å². The molecule has 0 radical (unpaired) electrons. The Morgan fingerprint density at radius 3 is 2.69 bits per heavy atom. The number of hydrogen-bond donors (Lipinski definition) is 2. The Morgan fingerprint density at radius 2 is 2.12 bits per heavy atom. The number of Topliss-reactive ketones (excluding diaryl/α,β-unsaturated/α-hetero) is 1. The summed E-state index contributed by atoms with van der Waals surface area (Å²) in [4.78, 5) is 27.6. The Labute approximate surface area is 163 Å². The third-order valence-electron chi connectivity index (χ3n) is 4.59. The van der Waals surface area contributed by atoms with Gasteiger partial charge in [-0.15, -0.1) is 5.10 Å². The molecule has 140 valence electrons. The molecule has 2 aromatic heterocycles. The summed E-state index contributed by atoms with van der Waals surface area (Å²) >= 11 is 4.57. The number of rotatable bonds is 5. The fourth-order valence-corrected chi connectivity index (χ4v) is 4.21. The van der Waals surface area contributed by atoms with Crippen LogP contribution >= 0.6 is 27.3 Å². The van der Waals surface area contributed by atoms with Crippen LogP contribution in [0.2, 0.25) is 0 Å². The third-order valence-corrected chi connectivity index (χ3v) is 6.48. The average molecular weight is 443 g/mol. The van der Waals surface area contributed by atoms with Crippen LogP contribution in [0.15, 0.2) is 10.5 Å². The number of hydrogen-bond acceptors (Lipinski definition) is 7. The van der Waals surface area contributed by atoms with Crippen molar-refractivity contribution in [1.29, 1.82) is 0 Å². The molecular formula is C16H21BrN5O3S+. The first-order chi connectivity index (χ1) is 12.3. The number of carbonyl (C=O) groups excluding carboxylic acids is 2. The van der Waals surface area contributed by atoms with Crippen molar-refractivity contribution in [2.75, 3.05) is 19.7 Å². The minimum absolute atomic E-state index is 0.0767. The zero-order valence-electron chi connectivity index (χ0n) is 14.6. The van der Waals surface area contributed by atoms with Crippen molar-refractivity contribution in [2.45, 2.75) is 26.7 Å². The van der Waals surface area contributed by atoms with E-state index in [0.717, 1.165) is 21.5 Å². The van der Waals surface area contributed by atoms with Gasteiger partial charge in [-0.3, -0.25) is 4.79 Å². The zero-order chi connectivity index (χ0) is 18.9. The number of quaternary nitrogens is 1. The number of aryl methyl sites for hydroxylation is 1. The first-order valence-electron chi connectivity index (χ1n) is 8.40. The summed E-state index contributed by atoms with van der Waals surface area (Å²) in [5.41, 5.74) is 1.56. The van der Waals surface area contributed by atoms with Gasteiger partial charge in [-0.2, -0.15) is 10.4 Å². The molecule has 0 aromatic carbocycles. The first-order valence-corrected chi connectivity index (χ1v) is 10.0. The van der Waals surface area contributed by atoms with Crippen LogP contribution in [0.25, 0.3) is 0 Å². The number of carbonyl (C=O) groups is 2. The van der Waals surface area contributed by atoms with Gasteiger partial charge >= 0.3 is 11.1 Å². The molecule has 2 aromatic rings. The Hall–Kier alpha value is -1.62. The van der Waals surface area contributed by atoms with E-state index >= 15 is 0 Å². The summed E-state index contributed by atoms with van der Waals surface area (Å²) < 4.78 is 5.94. The number of nitrogens with zero attached hydrogens (tertiary/aromatic N) is 3. The van der Waals surface area contributed by atoms with Crippen molar-refractivity contribution in [3.05, 3.63) is 26.9 Å². The fourth-order valence-electron chi connectivity index (χ4n) is 3.04. The lowest BCUT2D eigenvalue weighted by molar-refractivity contribution is 0.0524. The number of piperidine rings is 1. The number of nitrogens with one attached hydrogen (secondary N) is 1. The van der Waals surface area contributed by atoms with E-state index in [1.165, 1.54) is 0 Å². The molecule has 0 unspecified atom stereocenters. The largest absolute Gasteiger partial charge is 0.461 e. The van der Waals surface area contributed by atoms with Crippen LogP contribution in [0, 0.1) is 12.8 Å². The number of aromatic amines is 1. The monoisotopic (exact) mass is 442 g/mol. The molecule has 0 bridgehead atoms. The highest BCUT2D eigenvalue weighted by Gasteiger charge is 2.40. The van der Waals surface area contributed by atoms with Crippen LogP contribution in [0.3, 0.4) is 0 Å². The molecule has 8 nitrogen and oxygen atoms in total. The van der Waals surface area contributed by atoms with E-state index < -0.39 is 5.97 Å². The lowest BCUT2D eigenvalue weighted by Gasteiger charge is -2.35. The second kappa shape index (κ2) is 7.55. The molecule has 1 saturated heterocycles. The smallest absolute Gasteiger partial charge is 0.369 e. The van der Waals surface area contributed by atoms with Crippen LogP contribution in [0.1, 0.15) is 45.7 Å². The lowest BCUT2D eigenvalue weighted by Crippen LogP contribution is -2.60. The summed E-state index contributed by atoms with van der Waals surface area (Å²) in [5, 5.41) is 8.74. The molecular weight excluding hydrogens is 422 g/mol. The van der Waals surface area contributed by atoms with Crippen molar-refractivity contribution < 1.29 is 14.3 Å². The number of esters is 1. The topological polar surface area (TPSA) is 111 Å². The molecule has 0 spiro atoms. The maximum atomic E-state index is 12.7. The molecule has 3 heterocycles. The molecule has 1 aliphatic heterocycles. The van der Waals surface area contributed by atoms with Crippen molar-refractivity contribution in [3.8, 4) is 0 Å². The summed E-state index contributed by atoms with van der Waals surface area (Å²) in [5.74, 6) is 6.01. The predicted molar refractivity (Wildman–Crippen MR) is 102 cm³/mol. The van der Waals surface area contributed by atoms with Gasteiger partial charge in [0.15, 0.2) is 5.78 Å². The van der Waals surface area contributed by atoms with Crippen LogP contribution in [0.4, 0.5) is 5.13 Å². The molecule has 3 rings (SSSR count). The fraction of sp³-hybridized carbons (Fsp3) is 0.500. The standard InChI is InChI=1S/C16H20BrN5O3S/c1-3-25-15(24)14-20-21-16(26-14)22(18)6-4-10(5-7-22)13(23)12-8-11(17)9(2)19-12/h8,10H,3-7,18H2,1-2H3/p+1. The van der Waals surface area contributed by atoms with E-state index in [0.29, 0.717) is 36.8 Å². The van der Waals surface area contributed by atoms with Crippen molar-refractivity contribution in [1.82, 2.24) is 19.8 Å². The number of ketones is 1. The molecule has 1 aliphatic rings. The van der Waals surface area contributed by atoms with Gasteiger partial charge in [0.1, 0.15) is 13.1 Å². The van der Waals surface area contributed by atoms with Crippen LogP contribution in [-0.2, 0) is 4.74 Å². The van der Waals surface area contributed by atoms with Crippen LogP contribution in [0.5, 0.6) is 0 Å². The zero-order valence-corrected chi connectivity index (χ0v) is 17.0. The van der Waals surface area contributed by atoms with Gasteiger partial charge in [-0.1, -0.05) is 5.10 Å². The number of H-pyrrole nitrogens is 1. The van der Waals surface area contributed by atoms with E-state index in [1.54, 1.807) is 6.92 Å². The van der Waals surface area contributed by atoms with Gasteiger partial charge in [0.05, 0.1) is 12.3 Å². The molecule has 3 N–H and O–H groups in total. The van der Waals surface area contributed by atoms with Gasteiger partial charge in [0, 0.05) is 28.9 Å². The number of halogens is 1. The lowest BCUT2D eigenvalue weighted by atomic mass is 9.91. The average Bonchev–Trinajstić information content (AvgIpc) is 3.23. The summed E-state index contributed by atoms with van der Waals surface area (Å²) in [7, 11) is 0. The van der Waals surface area contributed by atoms with Crippen LogP contribution in [-0.4, -0.2) is 46.6 Å². The molecule has 26 heavy (non-hydrogen) atoms. The number of nitrogens with two attached hydrogens (primary N) is 1. The maximum Gasteiger partial charge on any atom is 0.369 e. The SMILES string of the molecule is CCOC(=O)c1nnc([N+]2(N)CCC(C(=O)c3cc(Br)c(C)[nH]3)CC2)s1. The minimum Gasteiger partial charge on any atom is -0.461 e. The highest BCUT2D eigenvalue weighted by molar-refractivity contribution is 9.10. The number of ether oxygens (including phenoxy) is 1. The highest BCUT2D eigenvalue weighted by Crippen LogP contribution is 2.32. The normalized spacial score (nSPS) is 23.0. The third kappa shape index (κ3) is 3.73. The Balaban J connectivity index is 1.67. The molecule has 0 aliphatic carbocycles. The van der Waals surface area contributed by atoms with Crippen molar-refractivity contribution in [2.24, 2.45) is 11.8 Å². The Morgan fingerprint density at radius 1 is 1.42 bits per heavy atom. The van der Waals surface area contributed by atoms with E-state index in [1.807, 2.05) is 13.0 Å². The van der Waals surface area contributed by atoms with E-state index in [-0.39, 0.29) is 27.9 Å². The van der Waals surface area contributed by atoms with Crippen LogP contribution < -0.4 is 10.4 Å². The van der Waals surface area contributed by atoms with Gasteiger partial charge in [-0.05, 0) is 47.2 Å². The van der Waals surface area contributed by atoms with Gasteiger partial charge in [-0.25, -0.2) is 4.79 Å². The van der Waals surface area contributed by atoms with E-state index in [9.17, 15) is 9.59 Å². The second-order valence-corrected chi connectivity index (χ2v) is 8.20. The van der Waals surface area contributed by atoms with Gasteiger partial charge < -0.3 is 9.72 Å². The molecule has 10 heteroatoms. The Bertz CT molecular complexity index is 806. The molecule has 0 amide bonds. The predicted octanol–water partition coefficient (Wildman–Crippen LogP) is 2.59. The van der Waals surface area contributed by atoms with Crippen molar-refractivity contribution in [3.63, 3.8) is 0 Å². The second-order valence-electron chi connectivity index (χ2n) is 6.39. The first kappa shape index (κ1) is 19.2. The number of aromatic nitrogens is 3. The molecule has 0 saturated carbocycles. The molecule has 1 fully saturated rings. The highest BCUT2D eigenvalue weighted by atomic mass is 79.9. The Kier molecular flexibility index (Phi) is 5.56. The quantitative estimate of drug-likeness (QED) is 0.318. The molecule has 0 atom stereocenters. The van der Waals surface area contributed by atoms with Gasteiger partial charge in [0.25, 0.3) is 0 Å². The van der Waals surface area contributed by atoms with E-state index in [2.05, 4.69) is 31.1 Å². The van der Waals surface area contributed by atoms with E-state index in [4.69, 9.17) is 10.6 Å². The summed E-state index contributed by atoms with van der Waals surface area (Å²) in [6.45, 7) is 5.07. The maximum absolute atomic E-state index is 12.7. The summed E-state index contributed by atoms with van der Waals surface area (Å²) in [6.07, 6.45) is 1.30. The summed E-state index contributed by atoms with van der Waals surface area (Å²) in [6, 6.07) is 1.83. The minimum atomic E-state index is -0.486.